The molecule has 0 aliphatic heterocycles. The number of hydrogen-bond donors (Lipinski definition) is 1. The highest BCUT2D eigenvalue weighted by Crippen LogP contribution is 2.02. The minimum Gasteiger partial charge on any atom is -0.475 e. The molecule has 6 nitrogen and oxygen atoms in total. The predicted molar refractivity (Wildman–Crippen MR) is 50.3 cm³/mol. The molecule has 0 atom stereocenters. The second kappa shape index (κ2) is 3.87. The first-order valence-electron chi connectivity index (χ1n) is 4.31. The number of benzene rings is 1. The van der Waals surface area contributed by atoms with Gasteiger partial charge in [0.1, 0.15) is 0 Å². The van der Waals surface area contributed by atoms with E-state index in [1.807, 2.05) is 30.3 Å². The number of rotatable bonds is 3. The Morgan fingerprint density at radius 1 is 1.33 bits per heavy atom. The molecule has 1 heterocycles. The molecule has 0 spiro atoms. The van der Waals surface area contributed by atoms with Gasteiger partial charge in [-0.3, -0.25) is 0 Å². The van der Waals surface area contributed by atoms with E-state index in [0.717, 1.165) is 5.56 Å². The van der Waals surface area contributed by atoms with Crippen LogP contribution in [0.25, 0.3) is 0 Å². The molecule has 0 amide bonds. The maximum Gasteiger partial charge on any atom is 0.375 e. The molecule has 2 aromatic rings. The zero-order valence-electron chi connectivity index (χ0n) is 7.74. The zero-order chi connectivity index (χ0) is 10.7. The van der Waals surface area contributed by atoms with E-state index in [9.17, 15) is 4.79 Å². The number of carbonyl (C=O) groups is 1. The Bertz CT molecular complexity index is 466. The molecule has 0 bridgehead atoms. The van der Waals surface area contributed by atoms with Gasteiger partial charge in [0.2, 0.25) is 0 Å². The van der Waals surface area contributed by atoms with Crippen molar-refractivity contribution in [1.29, 1.82) is 0 Å². The van der Waals surface area contributed by atoms with Crippen molar-refractivity contribution in [3.63, 3.8) is 0 Å². The average Bonchev–Trinajstić information content (AvgIpc) is 2.67. The molecular weight excluding hydrogens is 196 g/mol. The Morgan fingerprint density at radius 3 is 2.73 bits per heavy atom. The minimum atomic E-state index is -1.13. The number of nitrogens with zero attached hydrogens (tertiary/aromatic N) is 4. The maximum absolute atomic E-state index is 10.7. The molecule has 6 heteroatoms. The third-order valence-corrected chi connectivity index (χ3v) is 1.90. The second-order valence-corrected chi connectivity index (χ2v) is 2.95. The first-order chi connectivity index (χ1) is 7.27. The number of hydrogen-bond acceptors (Lipinski definition) is 4. The van der Waals surface area contributed by atoms with Crippen molar-refractivity contribution in [2.24, 2.45) is 0 Å². The summed E-state index contributed by atoms with van der Waals surface area (Å²) < 4.78 is 1.25. The van der Waals surface area contributed by atoms with Gasteiger partial charge in [0.15, 0.2) is 0 Å². The normalized spacial score (nSPS) is 10.1. The molecule has 0 radical (unpaired) electrons. The highest BCUT2D eigenvalue weighted by Gasteiger charge is 2.13. The summed E-state index contributed by atoms with van der Waals surface area (Å²) in [4.78, 5) is 10.7. The minimum absolute atomic E-state index is 0.154. The highest BCUT2D eigenvalue weighted by atomic mass is 16.4. The third kappa shape index (κ3) is 1.98. The quantitative estimate of drug-likeness (QED) is 0.783. The molecule has 1 aromatic carbocycles. The van der Waals surface area contributed by atoms with Crippen LogP contribution in [0.4, 0.5) is 0 Å². The SMILES string of the molecule is O=C(O)c1nnnn1Cc1ccccc1. The lowest BCUT2D eigenvalue weighted by molar-refractivity contribution is 0.0677. The smallest absolute Gasteiger partial charge is 0.375 e. The first-order valence-corrected chi connectivity index (χ1v) is 4.31. The standard InChI is InChI=1S/C9H8N4O2/c14-9(15)8-10-11-12-13(8)6-7-4-2-1-3-5-7/h1-5H,6H2,(H,14,15). The van der Waals surface area contributed by atoms with Crippen molar-refractivity contribution in [1.82, 2.24) is 20.2 Å². The van der Waals surface area contributed by atoms with Crippen molar-refractivity contribution in [2.75, 3.05) is 0 Å². The van der Waals surface area contributed by atoms with Crippen LogP contribution < -0.4 is 0 Å². The lowest BCUT2D eigenvalue weighted by Gasteiger charge is -2.00. The Labute approximate surface area is 85.2 Å². The van der Waals surface area contributed by atoms with Crippen LogP contribution in [0.2, 0.25) is 0 Å². The molecule has 0 aliphatic rings. The largest absolute Gasteiger partial charge is 0.475 e. The zero-order valence-corrected chi connectivity index (χ0v) is 7.74. The lowest BCUT2D eigenvalue weighted by atomic mass is 10.2. The van der Waals surface area contributed by atoms with Gasteiger partial charge in [0, 0.05) is 0 Å². The predicted octanol–water partition coefficient (Wildman–Crippen LogP) is 0.420. The summed E-state index contributed by atoms with van der Waals surface area (Å²) >= 11 is 0. The van der Waals surface area contributed by atoms with E-state index in [4.69, 9.17) is 5.11 Å². The lowest BCUT2D eigenvalue weighted by Crippen LogP contribution is -2.11. The van der Waals surface area contributed by atoms with Gasteiger partial charge in [-0.25, -0.2) is 9.48 Å². The fraction of sp³-hybridized carbons (Fsp3) is 0.111. The van der Waals surface area contributed by atoms with Gasteiger partial charge >= 0.3 is 5.97 Å². The van der Waals surface area contributed by atoms with E-state index in [2.05, 4.69) is 15.5 Å². The van der Waals surface area contributed by atoms with Gasteiger partial charge < -0.3 is 5.11 Å². The van der Waals surface area contributed by atoms with Crippen LogP contribution >= 0.6 is 0 Å². The van der Waals surface area contributed by atoms with E-state index in [-0.39, 0.29) is 5.82 Å². The molecule has 0 saturated heterocycles. The maximum atomic E-state index is 10.7. The van der Waals surface area contributed by atoms with Crippen LogP contribution in [-0.4, -0.2) is 31.3 Å². The molecule has 2 rings (SSSR count). The van der Waals surface area contributed by atoms with Crippen molar-refractivity contribution in [3.05, 3.63) is 41.7 Å². The van der Waals surface area contributed by atoms with Crippen LogP contribution in [0.1, 0.15) is 16.2 Å². The van der Waals surface area contributed by atoms with Crippen LogP contribution in [0, 0.1) is 0 Å². The molecule has 76 valence electrons. The molecule has 1 aromatic heterocycles. The van der Waals surface area contributed by atoms with Crippen LogP contribution in [-0.2, 0) is 6.54 Å². The van der Waals surface area contributed by atoms with Gasteiger partial charge in [-0.2, -0.15) is 0 Å². The Morgan fingerprint density at radius 2 is 2.07 bits per heavy atom. The van der Waals surface area contributed by atoms with Crippen molar-refractivity contribution >= 4 is 5.97 Å². The molecule has 0 fully saturated rings. The van der Waals surface area contributed by atoms with E-state index in [1.165, 1.54) is 4.68 Å². The Balaban J connectivity index is 2.25. The highest BCUT2D eigenvalue weighted by molar-refractivity contribution is 5.82. The Kier molecular flexibility index (Phi) is 2.40. The molecular formula is C9H8N4O2. The van der Waals surface area contributed by atoms with Gasteiger partial charge in [0.25, 0.3) is 5.82 Å². The third-order valence-electron chi connectivity index (χ3n) is 1.90. The fourth-order valence-electron chi connectivity index (χ4n) is 1.22. The second-order valence-electron chi connectivity index (χ2n) is 2.95. The molecule has 0 aliphatic carbocycles. The van der Waals surface area contributed by atoms with E-state index < -0.39 is 5.97 Å². The first kappa shape index (κ1) is 9.32. The van der Waals surface area contributed by atoms with E-state index in [0.29, 0.717) is 6.54 Å². The fourth-order valence-corrected chi connectivity index (χ4v) is 1.22. The van der Waals surface area contributed by atoms with Gasteiger partial charge in [-0.15, -0.1) is 5.10 Å². The topological polar surface area (TPSA) is 80.9 Å². The average molecular weight is 204 g/mol. The summed E-state index contributed by atoms with van der Waals surface area (Å²) in [7, 11) is 0. The summed E-state index contributed by atoms with van der Waals surface area (Å²) in [6.45, 7) is 0.357. The molecule has 1 N–H and O–H groups in total. The van der Waals surface area contributed by atoms with Gasteiger partial charge in [-0.1, -0.05) is 30.3 Å². The van der Waals surface area contributed by atoms with E-state index >= 15 is 0 Å². The van der Waals surface area contributed by atoms with Crippen LogP contribution in [0.15, 0.2) is 30.3 Å². The summed E-state index contributed by atoms with van der Waals surface area (Å²) in [6, 6.07) is 9.40. The van der Waals surface area contributed by atoms with Crippen LogP contribution in [0.3, 0.4) is 0 Å². The van der Waals surface area contributed by atoms with Crippen LogP contribution in [0.5, 0.6) is 0 Å². The summed E-state index contributed by atoms with van der Waals surface area (Å²) in [5.74, 6) is -1.28. The number of aromatic nitrogens is 4. The Hall–Kier alpha value is -2.24. The van der Waals surface area contributed by atoms with Crippen molar-refractivity contribution < 1.29 is 9.90 Å². The van der Waals surface area contributed by atoms with Crippen molar-refractivity contribution in [2.45, 2.75) is 6.54 Å². The number of tetrazole rings is 1. The molecule has 0 unspecified atom stereocenters. The molecule has 15 heavy (non-hydrogen) atoms. The number of carboxylic acids is 1. The number of aromatic carboxylic acids is 1. The summed E-state index contributed by atoms with van der Waals surface area (Å²) in [6.07, 6.45) is 0. The summed E-state index contributed by atoms with van der Waals surface area (Å²) in [5, 5.41) is 19.1. The van der Waals surface area contributed by atoms with Gasteiger partial charge in [0.05, 0.1) is 6.54 Å². The van der Waals surface area contributed by atoms with Gasteiger partial charge in [-0.05, 0) is 16.0 Å². The van der Waals surface area contributed by atoms with E-state index in [1.54, 1.807) is 0 Å². The summed E-state index contributed by atoms with van der Waals surface area (Å²) in [5.41, 5.74) is 0.951. The monoisotopic (exact) mass is 204 g/mol. The van der Waals surface area contributed by atoms with Crippen molar-refractivity contribution in [3.8, 4) is 0 Å². The number of carboxylic acid groups (broad SMARTS) is 1. The molecule has 0 saturated carbocycles.